The van der Waals surface area contributed by atoms with E-state index in [0.29, 0.717) is 17.9 Å². The number of amides is 1. The van der Waals surface area contributed by atoms with Crippen molar-refractivity contribution in [2.75, 3.05) is 6.54 Å². The zero-order valence-corrected chi connectivity index (χ0v) is 14.4. The lowest BCUT2D eigenvalue weighted by Gasteiger charge is -2.30. The van der Waals surface area contributed by atoms with Crippen molar-refractivity contribution < 1.29 is 14.3 Å². The van der Waals surface area contributed by atoms with Crippen molar-refractivity contribution in [3.8, 4) is 5.75 Å². The minimum absolute atomic E-state index is 0. The highest BCUT2D eigenvalue weighted by atomic mass is 35.5. The summed E-state index contributed by atoms with van der Waals surface area (Å²) >= 11 is 0. The van der Waals surface area contributed by atoms with E-state index in [9.17, 15) is 9.59 Å². The first kappa shape index (κ1) is 19.5. The highest BCUT2D eigenvalue weighted by molar-refractivity contribution is 5.94. The molecule has 0 bridgehead atoms. The van der Waals surface area contributed by atoms with Gasteiger partial charge in [0.25, 0.3) is 5.91 Å². The Hall–Kier alpha value is -1.59. The van der Waals surface area contributed by atoms with Crippen LogP contribution in [-0.2, 0) is 4.79 Å². The number of carbonyl (C=O) groups is 2. The van der Waals surface area contributed by atoms with Crippen LogP contribution in [0, 0.1) is 0 Å². The van der Waals surface area contributed by atoms with Crippen molar-refractivity contribution in [1.29, 1.82) is 0 Å². The lowest BCUT2D eigenvalue weighted by atomic mass is 9.97. The zero-order valence-electron chi connectivity index (χ0n) is 13.6. The van der Waals surface area contributed by atoms with E-state index in [1.165, 1.54) is 6.92 Å². The lowest BCUT2D eigenvalue weighted by Crippen LogP contribution is -2.54. The third-order valence-corrected chi connectivity index (χ3v) is 4.26. The first-order chi connectivity index (χ1) is 10.5. The molecule has 1 unspecified atom stereocenters. The molecule has 128 valence electrons. The Morgan fingerprint density at radius 3 is 2.57 bits per heavy atom. The van der Waals surface area contributed by atoms with E-state index < -0.39 is 6.10 Å². The van der Waals surface area contributed by atoms with E-state index in [0.717, 1.165) is 25.7 Å². The smallest absolute Gasteiger partial charge is 0.261 e. The van der Waals surface area contributed by atoms with Crippen LogP contribution in [0.15, 0.2) is 24.3 Å². The van der Waals surface area contributed by atoms with Crippen molar-refractivity contribution >= 4 is 24.1 Å². The molecule has 23 heavy (non-hydrogen) atoms. The molecular formula is C17H25ClN2O3. The van der Waals surface area contributed by atoms with Crippen LogP contribution in [0.4, 0.5) is 0 Å². The average molecular weight is 341 g/mol. The minimum Gasteiger partial charge on any atom is -0.481 e. The predicted molar refractivity (Wildman–Crippen MR) is 92.2 cm³/mol. The maximum atomic E-state index is 12.3. The van der Waals surface area contributed by atoms with Gasteiger partial charge in [0.05, 0.1) is 5.54 Å². The van der Waals surface area contributed by atoms with Gasteiger partial charge in [-0.2, -0.15) is 0 Å². The Labute approximate surface area is 143 Å². The van der Waals surface area contributed by atoms with Crippen LogP contribution in [0.25, 0.3) is 0 Å². The fourth-order valence-electron chi connectivity index (χ4n) is 2.84. The van der Waals surface area contributed by atoms with Gasteiger partial charge in [-0.15, -0.1) is 12.4 Å². The van der Waals surface area contributed by atoms with Crippen LogP contribution >= 0.6 is 12.4 Å². The predicted octanol–water partition coefficient (Wildman–Crippen LogP) is 2.47. The van der Waals surface area contributed by atoms with Gasteiger partial charge >= 0.3 is 0 Å². The fraction of sp³-hybridized carbons (Fsp3) is 0.529. The maximum Gasteiger partial charge on any atom is 0.261 e. The maximum absolute atomic E-state index is 12.3. The molecule has 1 aliphatic rings. The molecule has 5 nitrogen and oxygen atoms in total. The molecule has 1 fully saturated rings. The van der Waals surface area contributed by atoms with E-state index in [4.69, 9.17) is 10.5 Å². The highest BCUT2D eigenvalue weighted by Crippen LogP contribution is 2.28. The second kappa shape index (κ2) is 8.31. The molecule has 1 saturated carbocycles. The molecule has 1 atom stereocenters. The number of halogens is 1. The third kappa shape index (κ3) is 4.94. The van der Waals surface area contributed by atoms with Gasteiger partial charge in [-0.05, 0) is 38.8 Å². The molecule has 0 radical (unpaired) electrons. The summed E-state index contributed by atoms with van der Waals surface area (Å²) in [5.41, 5.74) is 6.12. The Morgan fingerprint density at radius 2 is 2.00 bits per heavy atom. The molecule has 1 aromatic rings. The molecule has 1 aliphatic carbocycles. The van der Waals surface area contributed by atoms with Crippen molar-refractivity contribution in [1.82, 2.24) is 5.32 Å². The highest BCUT2D eigenvalue weighted by Gasteiger charge is 2.35. The van der Waals surface area contributed by atoms with Crippen molar-refractivity contribution in [3.05, 3.63) is 29.8 Å². The second-order valence-corrected chi connectivity index (χ2v) is 6.02. The first-order valence-electron chi connectivity index (χ1n) is 7.75. The first-order valence-corrected chi connectivity index (χ1v) is 7.75. The Morgan fingerprint density at radius 1 is 1.35 bits per heavy atom. The van der Waals surface area contributed by atoms with E-state index >= 15 is 0 Å². The summed E-state index contributed by atoms with van der Waals surface area (Å²) in [7, 11) is 0. The monoisotopic (exact) mass is 340 g/mol. The molecule has 0 aromatic heterocycles. The van der Waals surface area contributed by atoms with Crippen molar-refractivity contribution in [3.63, 3.8) is 0 Å². The van der Waals surface area contributed by atoms with Gasteiger partial charge < -0.3 is 15.8 Å². The number of benzene rings is 1. The number of Topliss-reactive ketones (excluding diaryl/α,β-unsaturated/α-hetero) is 1. The fourth-order valence-corrected chi connectivity index (χ4v) is 2.84. The van der Waals surface area contributed by atoms with Gasteiger partial charge in [-0.3, -0.25) is 9.59 Å². The van der Waals surface area contributed by atoms with E-state index in [1.807, 2.05) is 0 Å². The van der Waals surface area contributed by atoms with Gasteiger partial charge in [0.2, 0.25) is 0 Å². The largest absolute Gasteiger partial charge is 0.481 e. The molecule has 0 aliphatic heterocycles. The minimum atomic E-state index is -0.633. The van der Waals surface area contributed by atoms with E-state index in [2.05, 4.69) is 5.32 Å². The number of ether oxygens (including phenoxy) is 1. The molecular weight excluding hydrogens is 316 g/mol. The Kier molecular flexibility index (Phi) is 7.03. The van der Waals surface area contributed by atoms with Crippen LogP contribution in [0.2, 0.25) is 0 Å². The third-order valence-electron chi connectivity index (χ3n) is 4.26. The summed E-state index contributed by atoms with van der Waals surface area (Å²) in [6.45, 7) is 3.65. The SMILES string of the molecule is CC(=O)c1cccc(OC(C)C(=O)NC2(CN)CCCC2)c1.Cl. The number of ketones is 1. The number of nitrogens with one attached hydrogen (secondary N) is 1. The summed E-state index contributed by atoms with van der Waals surface area (Å²) < 4.78 is 5.66. The summed E-state index contributed by atoms with van der Waals surface area (Å²) in [6.07, 6.45) is 3.39. The summed E-state index contributed by atoms with van der Waals surface area (Å²) in [5, 5.41) is 3.04. The summed E-state index contributed by atoms with van der Waals surface area (Å²) in [4.78, 5) is 23.7. The van der Waals surface area contributed by atoms with Gasteiger partial charge in [0, 0.05) is 12.1 Å². The number of hydrogen-bond acceptors (Lipinski definition) is 4. The van der Waals surface area contributed by atoms with Gasteiger partial charge in [-0.25, -0.2) is 0 Å². The summed E-state index contributed by atoms with van der Waals surface area (Å²) in [6, 6.07) is 6.86. The van der Waals surface area contributed by atoms with Crippen LogP contribution in [0.1, 0.15) is 49.9 Å². The lowest BCUT2D eigenvalue weighted by molar-refractivity contribution is -0.129. The van der Waals surface area contributed by atoms with E-state index in [1.54, 1.807) is 31.2 Å². The number of hydrogen-bond donors (Lipinski definition) is 2. The number of nitrogens with two attached hydrogens (primary N) is 1. The van der Waals surface area contributed by atoms with Gasteiger partial charge in [0.15, 0.2) is 11.9 Å². The molecule has 1 aromatic carbocycles. The molecule has 3 N–H and O–H groups in total. The topological polar surface area (TPSA) is 81.4 Å². The molecule has 2 rings (SSSR count). The second-order valence-electron chi connectivity index (χ2n) is 6.02. The molecule has 6 heteroatoms. The normalized spacial score (nSPS) is 17.0. The Balaban J connectivity index is 0.00000264. The van der Waals surface area contributed by atoms with Crippen LogP contribution < -0.4 is 15.8 Å². The quantitative estimate of drug-likeness (QED) is 0.779. The molecule has 0 saturated heterocycles. The Bertz CT molecular complexity index is 557. The molecule has 1 amide bonds. The standard InChI is InChI=1S/C17H24N2O3.ClH/c1-12(20)14-6-5-7-15(10-14)22-13(2)16(21)19-17(11-18)8-3-4-9-17;/h5-7,10,13H,3-4,8-9,11,18H2,1-2H3,(H,19,21);1H. The summed E-state index contributed by atoms with van der Waals surface area (Å²) in [5.74, 6) is 0.319. The number of carbonyl (C=O) groups excluding carboxylic acids is 2. The van der Waals surface area contributed by atoms with Gasteiger partial charge in [0.1, 0.15) is 5.75 Å². The number of rotatable bonds is 6. The van der Waals surface area contributed by atoms with E-state index in [-0.39, 0.29) is 29.6 Å². The average Bonchev–Trinajstić information content (AvgIpc) is 2.96. The van der Waals surface area contributed by atoms with Gasteiger partial charge in [-0.1, -0.05) is 25.0 Å². The van der Waals surface area contributed by atoms with Crippen LogP contribution in [0.3, 0.4) is 0 Å². The molecule has 0 heterocycles. The zero-order chi connectivity index (χ0) is 16.2. The van der Waals surface area contributed by atoms with Crippen molar-refractivity contribution in [2.45, 2.75) is 51.2 Å². The van der Waals surface area contributed by atoms with Crippen molar-refractivity contribution in [2.24, 2.45) is 5.73 Å². The van der Waals surface area contributed by atoms with Crippen LogP contribution in [-0.4, -0.2) is 29.9 Å². The molecule has 0 spiro atoms. The van der Waals surface area contributed by atoms with Crippen LogP contribution in [0.5, 0.6) is 5.75 Å².